The van der Waals surface area contributed by atoms with Gasteiger partial charge in [-0.2, -0.15) is 0 Å². The summed E-state index contributed by atoms with van der Waals surface area (Å²) in [6.45, 7) is 6.37. The van der Waals surface area contributed by atoms with E-state index in [0.29, 0.717) is 5.75 Å². The van der Waals surface area contributed by atoms with Gasteiger partial charge in [0.25, 0.3) is 0 Å². The number of aryl methyl sites for hydroxylation is 1. The highest BCUT2D eigenvalue weighted by atomic mass is 32.2. The van der Waals surface area contributed by atoms with Crippen LogP contribution in [-0.2, 0) is 11.3 Å². The van der Waals surface area contributed by atoms with Crippen LogP contribution in [0.25, 0.3) is 0 Å². The third-order valence-corrected chi connectivity index (χ3v) is 5.68. The molecule has 24 heavy (non-hydrogen) atoms. The molecule has 1 amide bonds. The first-order valence-electron chi connectivity index (χ1n) is 8.22. The predicted octanol–water partition coefficient (Wildman–Crippen LogP) is 2.00. The fourth-order valence-corrected chi connectivity index (χ4v) is 3.50. The van der Waals surface area contributed by atoms with Gasteiger partial charge in [-0.1, -0.05) is 30.0 Å². The Hall–Kier alpha value is -1.18. The van der Waals surface area contributed by atoms with Gasteiger partial charge < -0.3 is 9.80 Å². The Bertz CT molecular complexity index is 579. The number of thioether (sulfide) groups is 1. The van der Waals surface area contributed by atoms with E-state index in [0.717, 1.165) is 54.9 Å². The average Bonchev–Trinajstić information content (AvgIpc) is 2.78. The van der Waals surface area contributed by atoms with Crippen molar-refractivity contribution >= 4 is 34.2 Å². The maximum Gasteiger partial charge on any atom is 0.233 e. The Morgan fingerprint density at radius 3 is 2.79 bits per heavy atom. The first-order valence-corrected chi connectivity index (χ1v) is 9.62. The van der Waals surface area contributed by atoms with Crippen LogP contribution in [0.1, 0.15) is 17.8 Å². The molecule has 2 rings (SSSR count). The van der Waals surface area contributed by atoms with Gasteiger partial charge in [-0.25, -0.2) is 0 Å². The van der Waals surface area contributed by atoms with Crippen LogP contribution < -0.4 is 0 Å². The summed E-state index contributed by atoms with van der Waals surface area (Å²) in [5, 5.41) is 0. The maximum absolute atomic E-state index is 12.4. The molecule has 0 saturated carbocycles. The summed E-state index contributed by atoms with van der Waals surface area (Å²) < 4.78 is 0.755. The summed E-state index contributed by atoms with van der Waals surface area (Å²) in [6, 6.07) is 6.14. The van der Waals surface area contributed by atoms with Crippen LogP contribution in [0.4, 0.5) is 0 Å². The fraction of sp³-hybridized carbons (Fsp3) is 0.588. The van der Waals surface area contributed by atoms with Crippen molar-refractivity contribution in [3.05, 3.63) is 29.6 Å². The second kappa shape index (κ2) is 9.34. The van der Waals surface area contributed by atoms with Crippen molar-refractivity contribution < 1.29 is 4.79 Å². The molecule has 0 aliphatic carbocycles. The molecule has 5 nitrogen and oxygen atoms in total. The van der Waals surface area contributed by atoms with Gasteiger partial charge in [0.2, 0.25) is 5.91 Å². The average molecular weight is 367 g/mol. The third kappa shape index (κ3) is 6.03. The highest BCUT2D eigenvalue weighted by molar-refractivity contribution is 8.23. The number of pyridine rings is 1. The number of rotatable bonds is 4. The number of amides is 1. The molecule has 0 bridgehead atoms. The highest BCUT2D eigenvalue weighted by Gasteiger charge is 2.20. The van der Waals surface area contributed by atoms with Crippen LogP contribution in [0.15, 0.2) is 18.2 Å². The minimum Gasteiger partial charge on any atom is -0.364 e. The number of carbonyl (C=O) groups excluding carboxylic acids is 1. The molecule has 132 valence electrons. The SMILES string of the molecule is Cc1cccc(CN2CCCN(C(=O)CSC(=S)N(C)C)CC2)n1. The first kappa shape index (κ1) is 19.1. The van der Waals surface area contributed by atoms with Gasteiger partial charge in [-0.15, -0.1) is 0 Å². The van der Waals surface area contributed by atoms with E-state index in [9.17, 15) is 4.79 Å². The van der Waals surface area contributed by atoms with E-state index >= 15 is 0 Å². The van der Waals surface area contributed by atoms with E-state index in [1.54, 1.807) is 0 Å². The zero-order valence-electron chi connectivity index (χ0n) is 14.7. The topological polar surface area (TPSA) is 39.7 Å². The lowest BCUT2D eigenvalue weighted by atomic mass is 10.3. The molecule has 1 aliphatic heterocycles. The van der Waals surface area contributed by atoms with E-state index in [1.165, 1.54) is 11.8 Å². The van der Waals surface area contributed by atoms with Crippen LogP contribution in [-0.4, -0.2) is 75.9 Å². The second-order valence-corrected chi connectivity index (χ2v) is 7.84. The molecule has 0 unspecified atom stereocenters. The molecule has 1 aromatic rings. The number of carbonyl (C=O) groups is 1. The molecule has 2 heterocycles. The number of hydrogen-bond donors (Lipinski definition) is 0. The lowest BCUT2D eigenvalue weighted by Gasteiger charge is -2.22. The van der Waals surface area contributed by atoms with E-state index in [1.807, 2.05) is 36.9 Å². The summed E-state index contributed by atoms with van der Waals surface area (Å²) in [7, 11) is 3.81. The minimum atomic E-state index is 0.180. The second-order valence-electron chi connectivity index (χ2n) is 6.23. The normalized spacial score (nSPS) is 15.9. The largest absolute Gasteiger partial charge is 0.364 e. The molecule has 0 atom stereocenters. The van der Waals surface area contributed by atoms with Gasteiger partial charge in [0.1, 0.15) is 4.32 Å². The molecule has 1 fully saturated rings. The van der Waals surface area contributed by atoms with Crippen molar-refractivity contribution in [2.45, 2.75) is 19.9 Å². The van der Waals surface area contributed by atoms with E-state index in [4.69, 9.17) is 12.2 Å². The molecule has 1 aromatic heterocycles. The van der Waals surface area contributed by atoms with Crippen molar-refractivity contribution in [1.82, 2.24) is 19.7 Å². The van der Waals surface area contributed by atoms with E-state index in [2.05, 4.69) is 22.0 Å². The lowest BCUT2D eigenvalue weighted by molar-refractivity contribution is -0.128. The van der Waals surface area contributed by atoms with Crippen LogP contribution in [0.3, 0.4) is 0 Å². The van der Waals surface area contributed by atoms with Crippen molar-refractivity contribution in [2.24, 2.45) is 0 Å². The Morgan fingerprint density at radius 1 is 1.29 bits per heavy atom. The minimum absolute atomic E-state index is 0.180. The standard InChI is InChI=1S/C17H26N4OS2/c1-14-6-4-7-15(18-14)12-20-8-5-9-21(11-10-20)16(22)13-24-17(23)19(2)3/h4,6-7H,5,8-13H2,1-3H3. The fourth-order valence-electron chi connectivity index (χ4n) is 2.64. The molecule has 0 radical (unpaired) electrons. The molecule has 1 saturated heterocycles. The van der Waals surface area contributed by atoms with Gasteiger partial charge in [0, 0.05) is 52.5 Å². The Morgan fingerprint density at radius 2 is 2.08 bits per heavy atom. The van der Waals surface area contributed by atoms with Gasteiger partial charge in [-0.05, 0) is 25.5 Å². The molecule has 0 N–H and O–H groups in total. The summed E-state index contributed by atoms with van der Waals surface area (Å²) >= 11 is 6.67. The van der Waals surface area contributed by atoms with Crippen LogP contribution in [0.5, 0.6) is 0 Å². The smallest absolute Gasteiger partial charge is 0.233 e. The summed E-state index contributed by atoms with van der Waals surface area (Å²) in [5.74, 6) is 0.607. The molecular weight excluding hydrogens is 340 g/mol. The number of thiocarbonyl (C=S) groups is 1. The summed E-state index contributed by atoms with van der Waals surface area (Å²) in [6.07, 6.45) is 1.00. The van der Waals surface area contributed by atoms with Crippen molar-refractivity contribution in [2.75, 3.05) is 46.0 Å². The molecule has 7 heteroatoms. The number of hydrogen-bond acceptors (Lipinski definition) is 5. The van der Waals surface area contributed by atoms with Crippen molar-refractivity contribution in [3.8, 4) is 0 Å². The lowest BCUT2D eigenvalue weighted by Crippen LogP contribution is -2.36. The van der Waals surface area contributed by atoms with E-state index < -0.39 is 0 Å². The molecule has 1 aliphatic rings. The van der Waals surface area contributed by atoms with Gasteiger partial charge in [-0.3, -0.25) is 14.7 Å². The highest BCUT2D eigenvalue weighted by Crippen LogP contribution is 2.12. The van der Waals surface area contributed by atoms with Crippen LogP contribution in [0.2, 0.25) is 0 Å². The molecule has 0 aromatic carbocycles. The van der Waals surface area contributed by atoms with Crippen molar-refractivity contribution in [3.63, 3.8) is 0 Å². The Kier molecular flexibility index (Phi) is 7.45. The molecule has 0 spiro atoms. The molecular formula is C17H26N4OS2. The quantitative estimate of drug-likeness (QED) is 0.759. The monoisotopic (exact) mass is 366 g/mol. The zero-order chi connectivity index (χ0) is 17.5. The summed E-state index contributed by atoms with van der Waals surface area (Å²) in [5.41, 5.74) is 2.15. The Balaban J connectivity index is 1.81. The van der Waals surface area contributed by atoms with E-state index in [-0.39, 0.29) is 5.91 Å². The summed E-state index contributed by atoms with van der Waals surface area (Å²) in [4.78, 5) is 23.2. The number of nitrogens with zero attached hydrogens (tertiary/aromatic N) is 4. The van der Waals surface area contributed by atoms with Crippen molar-refractivity contribution in [1.29, 1.82) is 0 Å². The van der Waals surface area contributed by atoms with Gasteiger partial charge in [0.05, 0.1) is 11.4 Å². The maximum atomic E-state index is 12.4. The van der Waals surface area contributed by atoms with Gasteiger partial charge >= 0.3 is 0 Å². The third-order valence-electron chi connectivity index (χ3n) is 3.96. The van der Waals surface area contributed by atoms with Gasteiger partial charge in [0.15, 0.2) is 0 Å². The first-order chi connectivity index (χ1) is 11.5. The Labute approximate surface area is 154 Å². The number of aromatic nitrogens is 1. The zero-order valence-corrected chi connectivity index (χ0v) is 16.3. The van der Waals surface area contributed by atoms with Crippen LogP contribution in [0, 0.1) is 6.92 Å². The predicted molar refractivity (Wildman–Crippen MR) is 104 cm³/mol. The van der Waals surface area contributed by atoms with Crippen LogP contribution >= 0.6 is 24.0 Å².